The average molecular weight is 371 g/mol. The molecule has 0 spiro atoms. The highest BCUT2D eigenvalue weighted by atomic mass is 32.2. The van der Waals surface area contributed by atoms with Crippen molar-refractivity contribution in [1.82, 2.24) is 5.32 Å². The number of amidine groups is 1. The molecule has 26 heavy (non-hydrogen) atoms. The smallest absolute Gasteiger partial charge is 0.240 e. The van der Waals surface area contributed by atoms with E-state index in [9.17, 15) is 14.0 Å². The maximum Gasteiger partial charge on any atom is 0.240 e. The minimum absolute atomic E-state index is 0.0135. The van der Waals surface area contributed by atoms with Crippen LogP contribution >= 0.6 is 11.8 Å². The highest BCUT2D eigenvalue weighted by Crippen LogP contribution is 2.29. The summed E-state index contributed by atoms with van der Waals surface area (Å²) in [6.07, 6.45) is 0.0135. The molecule has 0 aromatic heterocycles. The second-order valence-corrected chi connectivity index (χ2v) is 7.20. The fraction of sp³-hybridized carbons (Fsp3) is 0.211. The van der Waals surface area contributed by atoms with E-state index in [1.807, 2.05) is 32.0 Å². The molecule has 5 nitrogen and oxygen atoms in total. The first-order valence-corrected chi connectivity index (χ1v) is 8.98. The molecular weight excluding hydrogens is 353 g/mol. The lowest BCUT2D eigenvalue weighted by atomic mass is 10.1. The van der Waals surface area contributed by atoms with Crippen molar-refractivity contribution in [3.63, 3.8) is 0 Å². The third kappa shape index (κ3) is 4.29. The predicted octanol–water partition coefficient (Wildman–Crippen LogP) is 3.69. The van der Waals surface area contributed by atoms with E-state index < -0.39 is 5.25 Å². The van der Waals surface area contributed by atoms with Gasteiger partial charge in [0.05, 0.1) is 5.69 Å². The van der Waals surface area contributed by atoms with Gasteiger partial charge in [0.15, 0.2) is 5.17 Å². The van der Waals surface area contributed by atoms with Crippen molar-refractivity contribution in [1.29, 1.82) is 0 Å². The van der Waals surface area contributed by atoms with Crippen LogP contribution in [0, 0.1) is 19.7 Å². The number of anilines is 1. The van der Waals surface area contributed by atoms with Crippen LogP contribution in [0.3, 0.4) is 0 Å². The first-order chi connectivity index (χ1) is 12.4. The fourth-order valence-electron chi connectivity index (χ4n) is 2.59. The van der Waals surface area contributed by atoms with Gasteiger partial charge in [0.2, 0.25) is 11.8 Å². The average Bonchev–Trinajstić information content (AvgIpc) is 2.93. The Morgan fingerprint density at radius 2 is 1.85 bits per heavy atom. The number of rotatable bonds is 4. The van der Waals surface area contributed by atoms with Crippen molar-refractivity contribution in [3.05, 3.63) is 59.4 Å². The van der Waals surface area contributed by atoms with E-state index in [-0.39, 0.29) is 24.1 Å². The van der Waals surface area contributed by atoms with Crippen molar-refractivity contribution in [2.75, 3.05) is 5.32 Å². The zero-order valence-corrected chi connectivity index (χ0v) is 15.2. The van der Waals surface area contributed by atoms with Crippen molar-refractivity contribution >= 4 is 40.1 Å². The summed E-state index contributed by atoms with van der Waals surface area (Å²) < 4.78 is 12.9. The number of nitrogens with one attached hydrogen (secondary N) is 2. The van der Waals surface area contributed by atoms with Gasteiger partial charge in [0.25, 0.3) is 0 Å². The Bertz CT molecular complexity index is 861. The van der Waals surface area contributed by atoms with Gasteiger partial charge in [-0.15, -0.1) is 0 Å². The number of hydrogen-bond acceptors (Lipinski definition) is 4. The van der Waals surface area contributed by atoms with E-state index in [1.54, 1.807) is 0 Å². The molecule has 1 heterocycles. The first-order valence-electron chi connectivity index (χ1n) is 8.10. The lowest BCUT2D eigenvalue weighted by molar-refractivity contribution is -0.122. The molecule has 3 rings (SSSR count). The van der Waals surface area contributed by atoms with Gasteiger partial charge in [0, 0.05) is 12.1 Å². The van der Waals surface area contributed by atoms with Gasteiger partial charge in [-0.05, 0) is 49.2 Å². The molecule has 2 aromatic rings. The molecular formula is C19H18FN3O2S. The summed E-state index contributed by atoms with van der Waals surface area (Å²) in [5, 5.41) is 5.34. The molecule has 2 aromatic carbocycles. The zero-order valence-electron chi connectivity index (χ0n) is 14.4. The third-order valence-electron chi connectivity index (χ3n) is 3.93. The summed E-state index contributed by atoms with van der Waals surface area (Å²) in [6, 6.07) is 11.4. The molecule has 1 aliphatic heterocycles. The van der Waals surface area contributed by atoms with Crippen molar-refractivity contribution < 1.29 is 14.0 Å². The van der Waals surface area contributed by atoms with Crippen LogP contribution in [0.15, 0.2) is 47.5 Å². The molecule has 7 heteroatoms. The zero-order chi connectivity index (χ0) is 18.7. The van der Waals surface area contributed by atoms with Crippen molar-refractivity contribution in [3.8, 4) is 0 Å². The molecule has 1 saturated heterocycles. The van der Waals surface area contributed by atoms with Gasteiger partial charge in [-0.1, -0.05) is 30.0 Å². The topological polar surface area (TPSA) is 70.6 Å². The highest BCUT2D eigenvalue weighted by Gasteiger charge is 2.32. The van der Waals surface area contributed by atoms with Gasteiger partial charge < -0.3 is 10.6 Å². The molecule has 1 atom stereocenters. The predicted molar refractivity (Wildman–Crippen MR) is 102 cm³/mol. The minimum Gasteiger partial charge on any atom is -0.326 e. The Balaban J connectivity index is 1.65. The maximum absolute atomic E-state index is 12.9. The number of para-hydroxylation sites is 1. The number of aliphatic imine (C=N–C) groups is 1. The molecule has 1 fully saturated rings. The van der Waals surface area contributed by atoms with Crippen molar-refractivity contribution in [2.24, 2.45) is 4.99 Å². The summed E-state index contributed by atoms with van der Waals surface area (Å²) >= 11 is 1.24. The molecule has 134 valence electrons. The molecule has 0 unspecified atom stereocenters. The molecule has 2 amide bonds. The number of carbonyl (C=O) groups excluding carboxylic acids is 2. The summed E-state index contributed by atoms with van der Waals surface area (Å²) in [6.45, 7) is 3.92. The van der Waals surface area contributed by atoms with Crippen LogP contribution < -0.4 is 10.6 Å². The first kappa shape index (κ1) is 18.1. The number of nitrogens with zero attached hydrogens (tertiary/aromatic N) is 1. The SMILES string of the molecule is Cc1cccc(C)c1N=C1NC(=O)[C@H](CC(=O)Nc2ccc(F)cc2)S1. The second kappa shape index (κ2) is 7.70. The van der Waals surface area contributed by atoms with Gasteiger partial charge in [0.1, 0.15) is 11.1 Å². The lowest BCUT2D eigenvalue weighted by Gasteiger charge is -2.07. The van der Waals surface area contributed by atoms with Crippen LogP contribution in [-0.4, -0.2) is 22.2 Å². The Morgan fingerprint density at radius 1 is 1.19 bits per heavy atom. The monoisotopic (exact) mass is 371 g/mol. The van der Waals surface area contributed by atoms with Gasteiger partial charge in [-0.3, -0.25) is 9.59 Å². The van der Waals surface area contributed by atoms with E-state index in [0.717, 1.165) is 16.8 Å². The van der Waals surface area contributed by atoms with Crippen LogP contribution in [0.4, 0.5) is 15.8 Å². The van der Waals surface area contributed by atoms with Gasteiger partial charge >= 0.3 is 0 Å². The number of hydrogen-bond donors (Lipinski definition) is 2. The number of aryl methyl sites for hydroxylation is 2. The Kier molecular flexibility index (Phi) is 5.37. The molecule has 2 N–H and O–H groups in total. The molecule has 0 aliphatic carbocycles. The highest BCUT2D eigenvalue weighted by molar-refractivity contribution is 8.15. The minimum atomic E-state index is -0.543. The molecule has 0 saturated carbocycles. The molecule has 0 radical (unpaired) electrons. The van der Waals surface area contributed by atoms with E-state index in [0.29, 0.717) is 10.9 Å². The normalized spacial score (nSPS) is 18.0. The quantitative estimate of drug-likeness (QED) is 0.861. The van der Waals surface area contributed by atoms with Gasteiger partial charge in [-0.2, -0.15) is 0 Å². The van der Waals surface area contributed by atoms with Crippen LogP contribution in [0.25, 0.3) is 0 Å². The molecule has 1 aliphatic rings. The summed E-state index contributed by atoms with van der Waals surface area (Å²) in [5.74, 6) is -0.923. The van der Waals surface area contributed by atoms with Crippen molar-refractivity contribution in [2.45, 2.75) is 25.5 Å². The van der Waals surface area contributed by atoms with Crippen LogP contribution in [0.2, 0.25) is 0 Å². The van der Waals surface area contributed by atoms with E-state index in [1.165, 1.54) is 36.0 Å². The summed E-state index contributed by atoms with van der Waals surface area (Å²) in [7, 11) is 0. The number of carbonyl (C=O) groups is 2. The largest absolute Gasteiger partial charge is 0.326 e. The number of halogens is 1. The lowest BCUT2D eigenvalue weighted by Crippen LogP contribution is -2.28. The Morgan fingerprint density at radius 3 is 2.50 bits per heavy atom. The van der Waals surface area contributed by atoms with Crippen LogP contribution in [0.1, 0.15) is 17.5 Å². The number of amides is 2. The fourth-order valence-corrected chi connectivity index (χ4v) is 3.56. The number of thioether (sulfide) groups is 1. The van der Waals surface area contributed by atoms with E-state index >= 15 is 0 Å². The maximum atomic E-state index is 12.9. The molecule has 0 bridgehead atoms. The van der Waals surface area contributed by atoms with Crippen LogP contribution in [-0.2, 0) is 9.59 Å². The Labute approximate surface area is 155 Å². The van der Waals surface area contributed by atoms with E-state index in [4.69, 9.17) is 0 Å². The third-order valence-corrected chi connectivity index (χ3v) is 5.01. The second-order valence-electron chi connectivity index (χ2n) is 6.01. The van der Waals surface area contributed by atoms with Crippen LogP contribution in [0.5, 0.6) is 0 Å². The van der Waals surface area contributed by atoms with Gasteiger partial charge in [-0.25, -0.2) is 9.38 Å². The van der Waals surface area contributed by atoms with E-state index in [2.05, 4.69) is 15.6 Å². The standard InChI is InChI=1S/C19H18FN3O2S/c1-11-4-3-5-12(2)17(11)22-19-23-18(25)15(26-19)10-16(24)21-14-8-6-13(20)7-9-14/h3-9,15H,10H2,1-2H3,(H,21,24)(H,22,23,25)/t15-/m0/s1. The summed E-state index contributed by atoms with van der Waals surface area (Å²) in [5.41, 5.74) is 3.35. The Hall–Kier alpha value is -2.67. The number of benzene rings is 2. The summed E-state index contributed by atoms with van der Waals surface area (Å²) in [4.78, 5) is 28.8.